The lowest BCUT2D eigenvalue weighted by atomic mass is 10.0. The average Bonchev–Trinajstić information content (AvgIpc) is 2.77. The van der Waals surface area contributed by atoms with Gasteiger partial charge in [0.15, 0.2) is 0 Å². The van der Waals surface area contributed by atoms with Gasteiger partial charge in [0.1, 0.15) is 0 Å². The van der Waals surface area contributed by atoms with E-state index in [-0.39, 0.29) is 0 Å². The van der Waals surface area contributed by atoms with Gasteiger partial charge in [-0.3, -0.25) is 0 Å². The van der Waals surface area contributed by atoms with Crippen LogP contribution in [0.1, 0.15) is 62.4 Å². The summed E-state index contributed by atoms with van der Waals surface area (Å²) in [5.41, 5.74) is 2.62. The molecule has 1 aromatic heterocycles. The molecule has 1 aromatic rings. The molecule has 2 aliphatic carbocycles. The first-order valence-electron chi connectivity index (χ1n) is 6.89. The Balaban J connectivity index is 1.91. The Labute approximate surface area is 103 Å². The van der Waals surface area contributed by atoms with Crippen LogP contribution in [0.3, 0.4) is 0 Å². The van der Waals surface area contributed by atoms with Crippen LogP contribution < -0.4 is 5.32 Å². The van der Waals surface area contributed by atoms with Crippen molar-refractivity contribution in [2.45, 2.75) is 57.5 Å². The number of nitrogens with zero attached hydrogens (tertiary/aromatic N) is 3. The van der Waals surface area contributed by atoms with Gasteiger partial charge in [0.25, 0.3) is 0 Å². The monoisotopic (exact) mass is 234 g/mol. The van der Waals surface area contributed by atoms with E-state index in [1.807, 2.05) is 7.05 Å². The molecule has 0 saturated heterocycles. The van der Waals surface area contributed by atoms with Crippen molar-refractivity contribution in [1.29, 1.82) is 0 Å². The molecule has 2 fully saturated rings. The van der Waals surface area contributed by atoms with Crippen molar-refractivity contribution in [2.24, 2.45) is 5.92 Å². The fourth-order valence-electron chi connectivity index (χ4n) is 3.14. The minimum absolute atomic E-state index is 0.628. The molecule has 2 aliphatic rings. The largest absolute Gasteiger partial charge is 0.314 e. The number of aromatic nitrogens is 3. The first kappa shape index (κ1) is 11.2. The lowest BCUT2D eigenvalue weighted by Crippen LogP contribution is -2.12. The lowest BCUT2D eigenvalue weighted by molar-refractivity contribution is 0.523. The molecule has 94 valence electrons. The van der Waals surface area contributed by atoms with E-state index in [1.54, 1.807) is 0 Å². The molecular formula is C13H22N4. The molecule has 2 atom stereocenters. The zero-order chi connectivity index (χ0) is 11.8. The summed E-state index contributed by atoms with van der Waals surface area (Å²) < 4.78 is 2.24. The van der Waals surface area contributed by atoms with Gasteiger partial charge in [-0.25, -0.2) is 4.68 Å². The minimum atomic E-state index is 0.628. The number of hydrogen-bond acceptors (Lipinski definition) is 3. The topological polar surface area (TPSA) is 42.7 Å². The molecule has 1 heterocycles. The van der Waals surface area contributed by atoms with Crippen molar-refractivity contribution in [3.63, 3.8) is 0 Å². The molecule has 17 heavy (non-hydrogen) atoms. The van der Waals surface area contributed by atoms with Crippen molar-refractivity contribution in [2.75, 3.05) is 7.05 Å². The summed E-state index contributed by atoms with van der Waals surface area (Å²) in [6, 6.07) is 0.628. The van der Waals surface area contributed by atoms with E-state index in [9.17, 15) is 0 Å². The van der Waals surface area contributed by atoms with Gasteiger partial charge in [0.05, 0.1) is 17.4 Å². The predicted octanol–water partition coefficient (Wildman–Crippen LogP) is 2.24. The van der Waals surface area contributed by atoms with Crippen LogP contribution in [0.15, 0.2) is 0 Å². The summed E-state index contributed by atoms with van der Waals surface area (Å²) >= 11 is 0. The summed E-state index contributed by atoms with van der Waals surface area (Å²) in [5, 5.41) is 12.0. The Morgan fingerprint density at radius 3 is 2.65 bits per heavy atom. The van der Waals surface area contributed by atoms with Gasteiger partial charge in [-0.05, 0) is 32.2 Å². The van der Waals surface area contributed by atoms with Crippen LogP contribution >= 0.6 is 0 Å². The summed E-state index contributed by atoms with van der Waals surface area (Å²) in [7, 11) is 1.98. The zero-order valence-corrected chi connectivity index (χ0v) is 10.8. The van der Waals surface area contributed by atoms with Gasteiger partial charge in [-0.2, -0.15) is 0 Å². The molecule has 2 unspecified atom stereocenters. The molecule has 1 N–H and O–H groups in total. The highest BCUT2D eigenvalue weighted by Gasteiger charge is 2.39. The Kier molecular flexibility index (Phi) is 2.90. The van der Waals surface area contributed by atoms with Crippen molar-refractivity contribution >= 4 is 0 Å². The van der Waals surface area contributed by atoms with Gasteiger partial charge in [-0.15, -0.1) is 5.10 Å². The molecule has 2 saturated carbocycles. The predicted molar refractivity (Wildman–Crippen MR) is 66.8 cm³/mol. The van der Waals surface area contributed by atoms with Crippen molar-refractivity contribution in [3.8, 4) is 0 Å². The minimum Gasteiger partial charge on any atom is -0.314 e. The van der Waals surface area contributed by atoms with Gasteiger partial charge >= 0.3 is 0 Å². The highest BCUT2D eigenvalue weighted by Crippen LogP contribution is 2.45. The van der Waals surface area contributed by atoms with Crippen molar-refractivity contribution in [3.05, 3.63) is 11.4 Å². The van der Waals surface area contributed by atoms with E-state index in [1.165, 1.54) is 43.5 Å². The van der Waals surface area contributed by atoms with Crippen molar-refractivity contribution in [1.82, 2.24) is 20.3 Å². The Bertz CT molecular complexity index is 392. The number of rotatable bonds is 4. The standard InChI is InChI=1S/C13H22N4/c1-9-7-12(9)17-13(10-5-3-4-6-10)11(8-14-2)15-16-17/h9-10,12,14H,3-8H2,1-2H3. The lowest BCUT2D eigenvalue weighted by Gasteiger charge is -2.13. The van der Waals surface area contributed by atoms with E-state index in [0.29, 0.717) is 12.0 Å². The highest BCUT2D eigenvalue weighted by molar-refractivity contribution is 5.19. The number of hydrogen-bond donors (Lipinski definition) is 1. The summed E-state index contributed by atoms with van der Waals surface area (Å²) in [6.45, 7) is 3.16. The summed E-state index contributed by atoms with van der Waals surface area (Å²) in [6.07, 6.45) is 6.67. The maximum Gasteiger partial charge on any atom is 0.0999 e. The Morgan fingerprint density at radius 1 is 1.35 bits per heavy atom. The summed E-state index contributed by atoms with van der Waals surface area (Å²) in [5.74, 6) is 1.50. The fourth-order valence-corrected chi connectivity index (χ4v) is 3.14. The SMILES string of the molecule is CNCc1nnn(C2CC2C)c1C1CCCC1. The smallest absolute Gasteiger partial charge is 0.0999 e. The number of nitrogens with one attached hydrogen (secondary N) is 1. The normalized spacial score (nSPS) is 28.8. The Hall–Kier alpha value is -0.900. The maximum absolute atomic E-state index is 4.42. The van der Waals surface area contributed by atoms with Gasteiger partial charge in [0, 0.05) is 12.5 Å². The molecule has 0 amide bonds. The van der Waals surface area contributed by atoms with Crippen molar-refractivity contribution < 1.29 is 0 Å². The fraction of sp³-hybridized carbons (Fsp3) is 0.846. The third-order valence-corrected chi connectivity index (χ3v) is 4.27. The van der Waals surface area contributed by atoms with Crippen LogP contribution in [0.4, 0.5) is 0 Å². The second-order valence-corrected chi connectivity index (χ2v) is 5.66. The molecule has 4 heteroatoms. The van der Waals surface area contributed by atoms with Crippen LogP contribution in [0.25, 0.3) is 0 Å². The van der Waals surface area contributed by atoms with Crippen LogP contribution in [-0.4, -0.2) is 22.0 Å². The van der Waals surface area contributed by atoms with Crippen LogP contribution in [0.5, 0.6) is 0 Å². The molecule has 3 rings (SSSR count). The molecule has 0 radical (unpaired) electrons. The Morgan fingerprint density at radius 2 is 2.06 bits per heavy atom. The van der Waals surface area contributed by atoms with E-state index in [0.717, 1.165) is 12.5 Å². The van der Waals surface area contributed by atoms with E-state index < -0.39 is 0 Å². The average molecular weight is 234 g/mol. The zero-order valence-electron chi connectivity index (χ0n) is 10.8. The molecule has 0 spiro atoms. The van der Waals surface area contributed by atoms with Crippen LogP contribution in [-0.2, 0) is 6.54 Å². The van der Waals surface area contributed by atoms with E-state index >= 15 is 0 Å². The second kappa shape index (κ2) is 4.41. The molecule has 0 bridgehead atoms. The third kappa shape index (κ3) is 1.99. The first-order chi connectivity index (χ1) is 8.31. The second-order valence-electron chi connectivity index (χ2n) is 5.66. The van der Waals surface area contributed by atoms with Gasteiger partial charge < -0.3 is 5.32 Å². The maximum atomic E-state index is 4.42. The summed E-state index contributed by atoms with van der Waals surface area (Å²) in [4.78, 5) is 0. The van der Waals surface area contributed by atoms with Crippen LogP contribution in [0.2, 0.25) is 0 Å². The van der Waals surface area contributed by atoms with Gasteiger partial charge in [0.2, 0.25) is 0 Å². The quantitative estimate of drug-likeness (QED) is 0.868. The first-order valence-corrected chi connectivity index (χ1v) is 6.89. The van der Waals surface area contributed by atoms with Crippen LogP contribution in [0, 0.1) is 5.92 Å². The van der Waals surface area contributed by atoms with E-state index in [4.69, 9.17) is 0 Å². The highest BCUT2D eigenvalue weighted by atomic mass is 15.5. The molecule has 0 aromatic carbocycles. The molecule has 4 nitrogen and oxygen atoms in total. The molecular weight excluding hydrogens is 212 g/mol. The third-order valence-electron chi connectivity index (χ3n) is 4.27. The van der Waals surface area contributed by atoms with Gasteiger partial charge in [-0.1, -0.05) is 25.0 Å². The van der Waals surface area contributed by atoms with E-state index in [2.05, 4.69) is 27.2 Å². The molecule has 0 aliphatic heterocycles.